The Morgan fingerprint density at radius 3 is 2.85 bits per heavy atom. The molecule has 1 saturated heterocycles. The van der Waals surface area contributed by atoms with Gasteiger partial charge >= 0.3 is 7.55 Å². The molecule has 0 spiro atoms. The smallest absolute Gasteiger partial charge is 0.353 e. The van der Waals surface area contributed by atoms with Crippen LogP contribution in [0.15, 0.2) is 18.3 Å². The lowest BCUT2D eigenvalue weighted by Crippen LogP contribution is -2.27. The summed E-state index contributed by atoms with van der Waals surface area (Å²) in [6.07, 6.45) is 1.24. The lowest BCUT2D eigenvalue weighted by Gasteiger charge is -2.14. The number of hydrogen-bond donors (Lipinski definition) is 0. The van der Waals surface area contributed by atoms with Crippen LogP contribution in [0.5, 0.6) is 0 Å². The van der Waals surface area contributed by atoms with E-state index in [0.29, 0.717) is 0 Å². The van der Waals surface area contributed by atoms with Crippen molar-refractivity contribution >= 4 is 13.4 Å². The zero-order chi connectivity index (χ0) is 9.26. The van der Waals surface area contributed by atoms with E-state index in [4.69, 9.17) is 0 Å². The molecule has 2 rings (SSSR count). The van der Waals surface area contributed by atoms with Gasteiger partial charge in [-0.2, -0.15) is 0 Å². The van der Waals surface area contributed by atoms with Crippen LogP contribution in [0.4, 0.5) is 10.2 Å². The number of hydrogen-bond acceptors (Lipinski definition) is 3. The Labute approximate surface area is 77.5 Å². The summed E-state index contributed by atoms with van der Waals surface area (Å²) in [7, 11) is 3.98. The van der Waals surface area contributed by atoms with Crippen molar-refractivity contribution in [1.82, 2.24) is 9.79 Å². The number of pyridine rings is 1. The quantitative estimate of drug-likeness (QED) is 0.584. The molecule has 0 aliphatic carbocycles. The first-order valence-electron chi connectivity index (χ1n) is 4.19. The predicted molar refractivity (Wildman–Crippen MR) is 49.9 cm³/mol. The van der Waals surface area contributed by atoms with Crippen LogP contribution < -0.4 is 4.81 Å². The van der Waals surface area contributed by atoms with Gasteiger partial charge in [0.15, 0.2) is 0 Å². The van der Waals surface area contributed by atoms with Gasteiger partial charge in [-0.05, 0) is 19.2 Å². The maximum atomic E-state index is 12.5. The molecule has 2 heterocycles. The summed E-state index contributed by atoms with van der Waals surface area (Å²) in [6, 6.07) is 3.11. The lowest BCUT2D eigenvalue weighted by molar-refractivity contribution is 0.590. The molecular formula is C8H10BFN3. The third-order valence-corrected chi connectivity index (χ3v) is 2.04. The molecule has 0 aromatic carbocycles. The molecule has 0 unspecified atom stereocenters. The van der Waals surface area contributed by atoms with E-state index in [0.717, 1.165) is 18.9 Å². The zero-order valence-electron chi connectivity index (χ0n) is 7.44. The second kappa shape index (κ2) is 3.34. The van der Waals surface area contributed by atoms with Gasteiger partial charge in [-0.15, -0.1) is 0 Å². The largest absolute Gasteiger partial charge is 0.388 e. The van der Waals surface area contributed by atoms with Gasteiger partial charge in [-0.3, -0.25) is 0 Å². The Morgan fingerprint density at radius 1 is 1.46 bits per heavy atom. The van der Waals surface area contributed by atoms with Crippen LogP contribution in [-0.4, -0.2) is 37.5 Å². The Balaban J connectivity index is 2.13. The van der Waals surface area contributed by atoms with Crippen molar-refractivity contribution in [3.05, 3.63) is 24.1 Å². The van der Waals surface area contributed by atoms with Crippen molar-refractivity contribution in [2.24, 2.45) is 0 Å². The van der Waals surface area contributed by atoms with Crippen molar-refractivity contribution < 1.29 is 4.39 Å². The van der Waals surface area contributed by atoms with Gasteiger partial charge < -0.3 is 9.62 Å². The van der Waals surface area contributed by atoms with Crippen LogP contribution in [-0.2, 0) is 0 Å². The fraction of sp³-hybridized carbons (Fsp3) is 0.375. The van der Waals surface area contributed by atoms with Crippen LogP contribution in [0.1, 0.15) is 0 Å². The van der Waals surface area contributed by atoms with Crippen molar-refractivity contribution in [3.8, 4) is 0 Å². The molecule has 1 aromatic heterocycles. The average molecular weight is 178 g/mol. The first-order chi connectivity index (χ1) is 6.25. The van der Waals surface area contributed by atoms with E-state index in [2.05, 4.69) is 9.79 Å². The molecule has 1 aliphatic rings. The summed E-state index contributed by atoms with van der Waals surface area (Å²) in [6.45, 7) is 1.90. The molecule has 1 aliphatic heterocycles. The highest BCUT2D eigenvalue weighted by atomic mass is 19.1. The van der Waals surface area contributed by atoms with Crippen LogP contribution >= 0.6 is 0 Å². The molecule has 13 heavy (non-hydrogen) atoms. The van der Waals surface area contributed by atoms with Crippen molar-refractivity contribution in [2.45, 2.75) is 0 Å². The minimum Gasteiger partial charge on any atom is -0.388 e. The van der Waals surface area contributed by atoms with E-state index in [1.807, 2.05) is 19.4 Å². The maximum absolute atomic E-state index is 12.5. The van der Waals surface area contributed by atoms with Gasteiger partial charge in [0.1, 0.15) is 11.6 Å². The summed E-state index contributed by atoms with van der Waals surface area (Å²) in [5.41, 5.74) is 0. The SMILES string of the molecule is CN1[B]N(c2ccc(F)cn2)CC1. The Hall–Kier alpha value is -1.10. The van der Waals surface area contributed by atoms with Crippen LogP contribution in [0, 0.1) is 5.82 Å². The van der Waals surface area contributed by atoms with Gasteiger partial charge in [0, 0.05) is 13.1 Å². The number of anilines is 1. The number of halogens is 1. The van der Waals surface area contributed by atoms with E-state index < -0.39 is 0 Å². The average Bonchev–Trinajstić information content (AvgIpc) is 2.53. The highest BCUT2D eigenvalue weighted by Crippen LogP contribution is 2.12. The van der Waals surface area contributed by atoms with E-state index in [-0.39, 0.29) is 5.82 Å². The molecule has 1 fully saturated rings. The predicted octanol–water partition coefficient (Wildman–Crippen LogP) is 0.507. The Morgan fingerprint density at radius 2 is 2.31 bits per heavy atom. The minimum atomic E-state index is -0.295. The van der Waals surface area contributed by atoms with Crippen molar-refractivity contribution in [1.29, 1.82) is 0 Å². The van der Waals surface area contributed by atoms with Gasteiger partial charge in [0.25, 0.3) is 0 Å². The van der Waals surface area contributed by atoms with E-state index >= 15 is 0 Å². The Kier molecular flexibility index (Phi) is 2.18. The third-order valence-electron chi connectivity index (χ3n) is 2.04. The van der Waals surface area contributed by atoms with Gasteiger partial charge in [-0.1, -0.05) is 0 Å². The molecular weight excluding hydrogens is 168 g/mol. The fourth-order valence-electron chi connectivity index (χ4n) is 1.33. The monoisotopic (exact) mass is 178 g/mol. The zero-order valence-corrected chi connectivity index (χ0v) is 7.44. The van der Waals surface area contributed by atoms with Crippen LogP contribution in [0.3, 0.4) is 0 Å². The fourth-order valence-corrected chi connectivity index (χ4v) is 1.33. The molecule has 67 valence electrons. The normalized spacial score (nSPS) is 17.5. The van der Waals surface area contributed by atoms with E-state index in [9.17, 15) is 4.39 Å². The maximum Gasteiger partial charge on any atom is 0.353 e. The molecule has 0 N–H and O–H groups in total. The highest BCUT2D eigenvalue weighted by molar-refractivity contribution is 6.39. The minimum absolute atomic E-state index is 0.295. The number of aromatic nitrogens is 1. The number of nitrogens with zero attached hydrogens (tertiary/aromatic N) is 3. The summed E-state index contributed by atoms with van der Waals surface area (Å²) in [4.78, 5) is 8.06. The molecule has 0 bridgehead atoms. The first-order valence-corrected chi connectivity index (χ1v) is 4.19. The highest BCUT2D eigenvalue weighted by Gasteiger charge is 2.20. The van der Waals surface area contributed by atoms with E-state index in [1.165, 1.54) is 12.3 Å². The second-order valence-electron chi connectivity index (χ2n) is 3.12. The third kappa shape index (κ3) is 1.80. The summed E-state index contributed by atoms with van der Waals surface area (Å²) in [5, 5.41) is 0. The van der Waals surface area contributed by atoms with Crippen molar-refractivity contribution in [3.63, 3.8) is 0 Å². The van der Waals surface area contributed by atoms with Gasteiger partial charge in [0.05, 0.1) is 6.20 Å². The lowest BCUT2D eigenvalue weighted by atomic mass is 10.1. The standard InChI is InChI=1S/C8H10BFN3/c1-12-4-5-13(9-12)8-3-2-7(10)6-11-8/h2-3,6H,4-5H2,1H3. The summed E-state index contributed by atoms with van der Waals surface area (Å²) in [5.74, 6) is 0.502. The van der Waals surface area contributed by atoms with Crippen LogP contribution in [0.25, 0.3) is 0 Å². The number of likely N-dealkylation sites (N-methyl/N-ethyl adjacent to an activating group) is 1. The van der Waals surface area contributed by atoms with Crippen LogP contribution in [0.2, 0.25) is 0 Å². The summed E-state index contributed by atoms with van der Waals surface area (Å²) < 4.78 is 12.5. The first kappa shape index (κ1) is 8.50. The topological polar surface area (TPSA) is 19.4 Å². The molecule has 1 radical (unpaired) electrons. The van der Waals surface area contributed by atoms with Crippen molar-refractivity contribution in [2.75, 3.05) is 24.9 Å². The van der Waals surface area contributed by atoms with Gasteiger partial charge in [-0.25, -0.2) is 9.37 Å². The molecule has 5 heteroatoms. The molecule has 3 nitrogen and oxygen atoms in total. The second-order valence-corrected chi connectivity index (χ2v) is 3.12. The summed E-state index contributed by atoms with van der Waals surface area (Å²) >= 11 is 0. The van der Waals surface area contributed by atoms with Gasteiger partial charge in [0.2, 0.25) is 0 Å². The molecule has 0 saturated carbocycles. The number of rotatable bonds is 1. The van der Waals surface area contributed by atoms with E-state index in [1.54, 1.807) is 6.07 Å². The molecule has 1 aromatic rings. The molecule has 0 amide bonds. The molecule has 0 atom stereocenters. The Bertz CT molecular complexity index is 290.